The largest absolute Gasteiger partial charge is 0.443 e. The molecule has 34 heavy (non-hydrogen) atoms. The number of nitriles is 1. The van der Waals surface area contributed by atoms with Gasteiger partial charge in [-0.25, -0.2) is 19.6 Å². The van der Waals surface area contributed by atoms with Crippen LogP contribution in [0.25, 0.3) is 28.2 Å². The standard InChI is InChI=1S/C23H15ClN8O2/c1-12-6-7-32(31-12)22-18(15-8-16(24)19-17(9-15)34-11-27-19)28-21(20(26)29-22)30-23(33)14-4-2-13(10-25)3-5-14/h2-9,11H,1H3,(H2,26,29)(H,28,30,33). The second-order valence-corrected chi connectivity index (χ2v) is 7.74. The van der Waals surface area contributed by atoms with Crippen molar-refractivity contribution >= 4 is 40.2 Å². The Morgan fingerprint density at radius 1 is 1.21 bits per heavy atom. The van der Waals surface area contributed by atoms with Crippen molar-refractivity contribution < 1.29 is 9.21 Å². The van der Waals surface area contributed by atoms with Gasteiger partial charge in [0.25, 0.3) is 5.91 Å². The summed E-state index contributed by atoms with van der Waals surface area (Å²) >= 11 is 6.41. The van der Waals surface area contributed by atoms with E-state index in [0.29, 0.717) is 44.3 Å². The summed E-state index contributed by atoms with van der Waals surface area (Å²) in [6.07, 6.45) is 3.03. The van der Waals surface area contributed by atoms with Gasteiger partial charge in [-0.05, 0) is 49.4 Å². The molecule has 0 aliphatic rings. The van der Waals surface area contributed by atoms with Gasteiger partial charge in [0, 0.05) is 17.3 Å². The Balaban J connectivity index is 1.62. The normalized spacial score (nSPS) is 10.9. The number of hydrogen-bond donors (Lipinski definition) is 2. The van der Waals surface area contributed by atoms with Gasteiger partial charge in [-0.15, -0.1) is 0 Å². The molecule has 0 spiro atoms. The highest BCUT2D eigenvalue weighted by molar-refractivity contribution is 6.35. The number of hydrogen-bond acceptors (Lipinski definition) is 8. The van der Waals surface area contributed by atoms with Crippen molar-refractivity contribution in [2.75, 3.05) is 11.1 Å². The summed E-state index contributed by atoms with van der Waals surface area (Å²) in [5, 5.41) is 16.4. The van der Waals surface area contributed by atoms with Crippen LogP contribution in [0.4, 0.5) is 11.6 Å². The Kier molecular flexibility index (Phi) is 5.16. The molecule has 5 rings (SSSR count). The molecule has 3 aromatic heterocycles. The van der Waals surface area contributed by atoms with Gasteiger partial charge in [0.15, 0.2) is 29.4 Å². The second kappa shape index (κ2) is 8.31. The number of nitrogens with one attached hydrogen (secondary N) is 1. The number of nitrogens with zero attached hydrogens (tertiary/aromatic N) is 6. The average molecular weight is 471 g/mol. The number of benzene rings is 2. The monoisotopic (exact) mass is 470 g/mol. The number of rotatable bonds is 4. The summed E-state index contributed by atoms with van der Waals surface area (Å²) in [5.41, 5.74) is 9.62. The summed E-state index contributed by atoms with van der Waals surface area (Å²) in [4.78, 5) is 26.0. The first-order chi connectivity index (χ1) is 16.4. The predicted molar refractivity (Wildman–Crippen MR) is 125 cm³/mol. The average Bonchev–Trinajstić information content (AvgIpc) is 3.49. The lowest BCUT2D eigenvalue weighted by Gasteiger charge is -2.14. The highest BCUT2D eigenvalue weighted by Gasteiger charge is 2.20. The van der Waals surface area contributed by atoms with Crippen LogP contribution >= 0.6 is 11.6 Å². The maximum atomic E-state index is 12.8. The van der Waals surface area contributed by atoms with Gasteiger partial charge in [-0.2, -0.15) is 10.4 Å². The van der Waals surface area contributed by atoms with Gasteiger partial charge in [0.1, 0.15) is 11.2 Å². The van der Waals surface area contributed by atoms with E-state index in [9.17, 15) is 4.79 Å². The Labute approximate surface area is 197 Å². The van der Waals surface area contributed by atoms with Crippen LogP contribution in [-0.2, 0) is 0 Å². The molecule has 2 aromatic carbocycles. The first-order valence-electron chi connectivity index (χ1n) is 9.97. The van der Waals surface area contributed by atoms with Crippen LogP contribution in [0.5, 0.6) is 0 Å². The number of aromatic nitrogens is 5. The van der Waals surface area contributed by atoms with Crippen LogP contribution < -0.4 is 11.1 Å². The van der Waals surface area contributed by atoms with Crippen LogP contribution in [0.3, 0.4) is 0 Å². The first kappa shape index (κ1) is 21.1. The Hall–Kier alpha value is -4.75. The number of fused-ring (bicyclic) bond motifs is 1. The highest BCUT2D eigenvalue weighted by atomic mass is 35.5. The Morgan fingerprint density at radius 3 is 2.71 bits per heavy atom. The molecule has 1 amide bonds. The molecule has 10 nitrogen and oxygen atoms in total. The van der Waals surface area contributed by atoms with Crippen molar-refractivity contribution in [1.82, 2.24) is 24.7 Å². The molecule has 0 unspecified atom stereocenters. The molecule has 0 saturated heterocycles. The fourth-order valence-electron chi connectivity index (χ4n) is 3.35. The van der Waals surface area contributed by atoms with Crippen LogP contribution in [0.1, 0.15) is 21.6 Å². The number of halogens is 1. The number of nitrogen functional groups attached to an aromatic ring is 1. The van der Waals surface area contributed by atoms with Crippen molar-refractivity contribution in [3.8, 4) is 23.1 Å². The van der Waals surface area contributed by atoms with Crippen LogP contribution in [-0.4, -0.2) is 30.6 Å². The molecule has 166 valence electrons. The van der Waals surface area contributed by atoms with E-state index < -0.39 is 5.91 Å². The highest BCUT2D eigenvalue weighted by Crippen LogP contribution is 2.33. The third kappa shape index (κ3) is 3.80. The van der Waals surface area contributed by atoms with E-state index in [0.717, 1.165) is 5.69 Å². The zero-order valence-electron chi connectivity index (χ0n) is 17.7. The van der Waals surface area contributed by atoms with E-state index in [2.05, 4.69) is 25.4 Å². The zero-order valence-corrected chi connectivity index (χ0v) is 18.4. The third-order valence-electron chi connectivity index (χ3n) is 5.02. The molecule has 0 saturated carbocycles. The first-order valence-corrected chi connectivity index (χ1v) is 10.4. The van der Waals surface area contributed by atoms with E-state index in [1.807, 2.05) is 19.1 Å². The van der Waals surface area contributed by atoms with E-state index in [1.54, 1.807) is 35.1 Å². The molecular formula is C23H15ClN8O2. The number of amides is 1. The second-order valence-electron chi connectivity index (χ2n) is 7.33. The minimum absolute atomic E-state index is 0.000684. The molecule has 5 aromatic rings. The fourth-order valence-corrected chi connectivity index (χ4v) is 3.61. The lowest BCUT2D eigenvalue weighted by molar-refractivity contribution is 0.102. The van der Waals surface area contributed by atoms with Crippen molar-refractivity contribution in [3.63, 3.8) is 0 Å². The van der Waals surface area contributed by atoms with E-state index in [4.69, 9.17) is 27.0 Å². The summed E-state index contributed by atoms with van der Waals surface area (Å²) in [5.74, 6) is -0.0498. The number of anilines is 2. The molecular weight excluding hydrogens is 456 g/mol. The maximum Gasteiger partial charge on any atom is 0.256 e. The van der Waals surface area contributed by atoms with Crippen molar-refractivity contribution in [2.24, 2.45) is 0 Å². The number of carbonyl (C=O) groups is 1. The van der Waals surface area contributed by atoms with Crippen LogP contribution in [0.15, 0.2) is 59.5 Å². The smallest absolute Gasteiger partial charge is 0.256 e. The molecule has 0 aliphatic heterocycles. The number of carbonyl (C=O) groups excluding carboxylic acids is 1. The van der Waals surface area contributed by atoms with E-state index >= 15 is 0 Å². The molecule has 3 N–H and O–H groups in total. The summed E-state index contributed by atoms with van der Waals surface area (Å²) < 4.78 is 6.96. The topological polar surface area (TPSA) is 149 Å². The maximum absolute atomic E-state index is 12.8. The van der Waals surface area contributed by atoms with Crippen molar-refractivity contribution in [1.29, 1.82) is 5.26 Å². The number of aryl methyl sites for hydroxylation is 1. The van der Waals surface area contributed by atoms with Gasteiger partial charge in [-0.1, -0.05) is 11.6 Å². The summed E-state index contributed by atoms with van der Waals surface area (Å²) in [7, 11) is 0. The number of oxazole rings is 1. The van der Waals surface area contributed by atoms with Crippen LogP contribution in [0.2, 0.25) is 5.02 Å². The minimum Gasteiger partial charge on any atom is -0.443 e. The molecule has 0 fully saturated rings. The van der Waals surface area contributed by atoms with Crippen molar-refractivity contribution in [3.05, 3.63) is 76.9 Å². The fraction of sp³-hybridized carbons (Fsp3) is 0.0435. The zero-order chi connectivity index (χ0) is 23.8. The van der Waals surface area contributed by atoms with E-state index in [-0.39, 0.29) is 11.6 Å². The number of nitrogens with two attached hydrogens (primary N) is 1. The molecule has 0 aliphatic carbocycles. The van der Waals surface area contributed by atoms with Gasteiger partial charge >= 0.3 is 0 Å². The van der Waals surface area contributed by atoms with Crippen LogP contribution in [0, 0.1) is 18.3 Å². The SMILES string of the molecule is Cc1ccn(-c2nc(N)c(NC(=O)c3ccc(C#N)cc3)nc2-c2cc(Cl)c3ncoc3c2)n1. The summed E-state index contributed by atoms with van der Waals surface area (Å²) in [6.45, 7) is 1.84. The Bertz CT molecular complexity index is 1600. The lowest BCUT2D eigenvalue weighted by atomic mass is 10.1. The molecule has 0 bridgehead atoms. The van der Waals surface area contributed by atoms with Gasteiger partial charge in [-0.3, -0.25) is 4.79 Å². The van der Waals surface area contributed by atoms with Gasteiger partial charge < -0.3 is 15.5 Å². The Morgan fingerprint density at radius 2 is 2.00 bits per heavy atom. The minimum atomic E-state index is -0.456. The predicted octanol–water partition coefficient (Wildman–Crippen LogP) is 4.14. The molecule has 0 atom stereocenters. The molecule has 3 heterocycles. The molecule has 0 radical (unpaired) electrons. The van der Waals surface area contributed by atoms with Gasteiger partial charge in [0.2, 0.25) is 0 Å². The lowest BCUT2D eigenvalue weighted by Crippen LogP contribution is -2.17. The van der Waals surface area contributed by atoms with Crippen molar-refractivity contribution in [2.45, 2.75) is 6.92 Å². The molecule has 11 heteroatoms. The van der Waals surface area contributed by atoms with Gasteiger partial charge in [0.05, 0.1) is 22.3 Å². The quantitative estimate of drug-likeness (QED) is 0.398. The summed E-state index contributed by atoms with van der Waals surface area (Å²) in [6, 6.07) is 13.4. The third-order valence-corrected chi connectivity index (χ3v) is 5.30. The van der Waals surface area contributed by atoms with E-state index in [1.165, 1.54) is 18.5 Å².